The van der Waals surface area contributed by atoms with Gasteiger partial charge in [-0.3, -0.25) is 4.79 Å². The summed E-state index contributed by atoms with van der Waals surface area (Å²) in [4.78, 5) is 29.1. The minimum Gasteiger partial charge on any atom is -0.453 e. The number of alkyl halides is 3. The molecule has 1 atom stereocenters. The second-order valence-corrected chi connectivity index (χ2v) is 6.49. The fraction of sp³-hybridized carbons (Fsp3) is 0.278. The minimum absolute atomic E-state index is 0.0792. The summed E-state index contributed by atoms with van der Waals surface area (Å²) in [5, 5.41) is 5.22. The van der Waals surface area contributed by atoms with E-state index in [4.69, 9.17) is 14.2 Å². The first-order valence-electron chi connectivity index (χ1n) is 8.68. The highest BCUT2D eigenvalue weighted by Crippen LogP contribution is 2.43. The van der Waals surface area contributed by atoms with E-state index in [1.807, 2.05) is 0 Å². The van der Waals surface area contributed by atoms with Gasteiger partial charge in [0.1, 0.15) is 11.8 Å². The van der Waals surface area contributed by atoms with Gasteiger partial charge in [-0.2, -0.15) is 13.2 Å². The third kappa shape index (κ3) is 3.75. The summed E-state index contributed by atoms with van der Waals surface area (Å²) in [6.07, 6.45) is -3.85. The predicted molar refractivity (Wildman–Crippen MR) is 95.5 cm³/mol. The molecule has 1 aromatic heterocycles. The Bertz CT molecular complexity index is 997. The zero-order chi connectivity index (χ0) is 21.5. The van der Waals surface area contributed by atoms with Gasteiger partial charge in [-0.25, -0.2) is 9.78 Å². The molecule has 30 heavy (non-hydrogen) atoms. The molecule has 2 N–H and O–H groups in total. The van der Waals surface area contributed by atoms with E-state index < -0.39 is 23.7 Å². The average Bonchev–Trinajstić information content (AvgIpc) is 3.28. The Hall–Kier alpha value is -3.70. The van der Waals surface area contributed by atoms with Crippen molar-refractivity contribution in [2.45, 2.75) is 12.2 Å². The Morgan fingerprint density at radius 2 is 2.13 bits per heavy atom. The van der Waals surface area contributed by atoms with Gasteiger partial charge in [-0.05, 0) is 6.07 Å². The van der Waals surface area contributed by atoms with Crippen LogP contribution in [0.1, 0.15) is 5.56 Å². The van der Waals surface area contributed by atoms with Gasteiger partial charge in [0.25, 0.3) is 0 Å². The van der Waals surface area contributed by atoms with Gasteiger partial charge in [-0.15, -0.1) is 0 Å². The Kier molecular flexibility index (Phi) is 4.76. The number of pyridine rings is 1. The average molecular weight is 424 g/mol. The summed E-state index contributed by atoms with van der Waals surface area (Å²) in [5.41, 5.74) is -0.679. The van der Waals surface area contributed by atoms with Crippen LogP contribution >= 0.6 is 0 Å². The van der Waals surface area contributed by atoms with Crippen LogP contribution in [0.25, 0.3) is 0 Å². The van der Waals surface area contributed by atoms with Gasteiger partial charge >= 0.3 is 12.2 Å². The molecule has 9 nitrogen and oxygen atoms in total. The number of nitrogens with one attached hydrogen (secondary N) is 2. The van der Waals surface area contributed by atoms with Crippen LogP contribution in [-0.2, 0) is 11.0 Å². The molecule has 2 aliphatic heterocycles. The van der Waals surface area contributed by atoms with Gasteiger partial charge in [0.2, 0.25) is 18.6 Å². The highest BCUT2D eigenvalue weighted by molar-refractivity contribution is 6.00. The van der Waals surface area contributed by atoms with Crippen molar-refractivity contribution in [3.63, 3.8) is 0 Å². The molecule has 3 heterocycles. The largest absolute Gasteiger partial charge is 0.453 e. The molecular weight excluding hydrogens is 409 g/mol. The first-order chi connectivity index (χ1) is 14.2. The first kappa shape index (κ1) is 19.6. The van der Waals surface area contributed by atoms with E-state index >= 15 is 0 Å². The van der Waals surface area contributed by atoms with E-state index in [1.165, 1.54) is 24.1 Å². The molecule has 1 saturated heterocycles. The van der Waals surface area contributed by atoms with Crippen molar-refractivity contribution < 1.29 is 37.0 Å². The normalized spacial score (nSPS) is 17.7. The van der Waals surface area contributed by atoms with Crippen LogP contribution in [0, 0.1) is 0 Å². The number of carbonyl (C=O) groups excluding carboxylic acids is 2. The van der Waals surface area contributed by atoms with E-state index in [0.29, 0.717) is 6.20 Å². The number of likely N-dealkylation sites (N-methyl/N-ethyl adjacent to an activating group) is 1. The molecular formula is C18H15F3N4O5. The molecule has 0 saturated carbocycles. The molecule has 0 bridgehead atoms. The number of halogens is 3. The molecule has 1 fully saturated rings. The summed E-state index contributed by atoms with van der Waals surface area (Å²) >= 11 is 0. The van der Waals surface area contributed by atoms with E-state index in [-0.39, 0.29) is 48.2 Å². The Morgan fingerprint density at radius 1 is 1.33 bits per heavy atom. The highest BCUT2D eigenvalue weighted by Gasteiger charge is 2.34. The number of hydrogen-bond donors (Lipinski definition) is 2. The zero-order valence-corrected chi connectivity index (χ0v) is 15.4. The number of fused-ring (bicyclic) bond motifs is 1. The van der Waals surface area contributed by atoms with Gasteiger partial charge in [0.05, 0.1) is 11.3 Å². The molecule has 158 valence electrons. The lowest BCUT2D eigenvalue weighted by molar-refractivity contribution is -0.137. The maximum absolute atomic E-state index is 12.7. The molecule has 1 aromatic carbocycles. The monoisotopic (exact) mass is 424 g/mol. The van der Waals surface area contributed by atoms with Crippen molar-refractivity contribution in [3.8, 4) is 23.1 Å². The number of anilines is 1. The number of hydrogen-bond acceptors (Lipinski definition) is 6. The summed E-state index contributed by atoms with van der Waals surface area (Å²) in [5.74, 6) is 0.179. The highest BCUT2D eigenvalue weighted by atomic mass is 19.4. The number of carbonyl (C=O) groups is 2. The van der Waals surface area contributed by atoms with Crippen molar-refractivity contribution in [1.82, 2.24) is 15.2 Å². The number of rotatable bonds is 4. The fourth-order valence-electron chi connectivity index (χ4n) is 2.94. The molecule has 0 unspecified atom stereocenters. The van der Waals surface area contributed by atoms with Crippen molar-refractivity contribution in [3.05, 3.63) is 36.0 Å². The van der Waals surface area contributed by atoms with Gasteiger partial charge in [0, 0.05) is 38.0 Å². The van der Waals surface area contributed by atoms with Crippen LogP contribution in [0.2, 0.25) is 0 Å². The fourth-order valence-corrected chi connectivity index (χ4v) is 2.94. The van der Waals surface area contributed by atoms with E-state index in [9.17, 15) is 22.8 Å². The summed E-state index contributed by atoms with van der Waals surface area (Å²) in [7, 11) is 1.49. The van der Waals surface area contributed by atoms with E-state index in [1.54, 1.807) is 0 Å². The van der Waals surface area contributed by atoms with Crippen LogP contribution in [0.4, 0.5) is 23.7 Å². The standard InChI is InChI=1S/C18H15F3N4O5/c1-25-12(7-23-17(25)27)16(26)24-11-4-10(5-13-15(11)29-8-28-13)30-14-3-2-9(6-22-14)18(19,20)21/h2-6,12H,7-8H2,1H3,(H,23,27)(H,24,26)/t12-/m1/s1. The SMILES string of the molecule is CN1C(=O)NC[C@@H]1C(=O)Nc1cc(Oc2ccc(C(F)(F)F)cn2)cc2c1OCO2. The maximum atomic E-state index is 12.7. The van der Waals surface area contributed by atoms with Gasteiger partial charge < -0.3 is 29.7 Å². The van der Waals surface area contributed by atoms with Crippen LogP contribution in [-0.4, -0.2) is 48.2 Å². The van der Waals surface area contributed by atoms with Crippen LogP contribution in [0.3, 0.4) is 0 Å². The molecule has 4 rings (SSSR count). The Morgan fingerprint density at radius 3 is 2.77 bits per heavy atom. The smallest absolute Gasteiger partial charge is 0.417 e. The third-order valence-electron chi connectivity index (χ3n) is 4.53. The number of amides is 3. The number of ether oxygens (including phenoxy) is 3. The number of benzene rings is 1. The second-order valence-electron chi connectivity index (χ2n) is 6.49. The molecule has 2 aromatic rings. The summed E-state index contributed by atoms with van der Waals surface area (Å²) in [6.45, 7) is 0.0654. The van der Waals surface area contributed by atoms with Crippen molar-refractivity contribution >= 4 is 17.6 Å². The molecule has 0 spiro atoms. The first-order valence-corrected chi connectivity index (χ1v) is 8.68. The maximum Gasteiger partial charge on any atom is 0.417 e. The summed E-state index contributed by atoms with van der Waals surface area (Å²) in [6, 6.07) is 3.72. The lowest BCUT2D eigenvalue weighted by Gasteiger charge is -2.18. The molecule has 12 heteroatoms. The second kappa shape index (κ2) is 7.28. The number of urea groups is 1. The van der Waals surface area contributed by atoms with Crippen molar-refractivity contribution in [2.24, 2.45) is 0 Å². The topological polar surface area (TPSA) is 102 Å². The van der Waals surface area contributed by atoms with Crippen molar-refractivity contribution in [2.75, 3.05) is 25.7 Å². The van der Waals surface area contributed by atoms with E-state index in [0.717, 1.165) is 12.1 Å². The van der Waals surface area contributed by atoms with Gasteiger partial charge in [-0.1, -0.05) is 0 Å². The van der Waals surface area contributed by atoms with Crippen molar-refractivity contribution in [1.29, 1.82) is 0 Å². The number of aromatic nitrogens is 1. The van der Waals surface area contributed by atoms with Crippen LogP contribution in [0.5, 0.6) is 23.1 Å². The van der Waals surface area contributed by atoms with Gasteiger partial charge in [0.15, 0.2) is 11.5 Å². The molecule has 0 radical (unpaired) electrons. The summed E-state index contributed by atoms with van der Waals surface area (Å²) < 4.78 is 54.2. The zero-order valence-electron chi connectivity index (χ0n) is 15.4. The predicted octanol–water partition coefficient (Wildman–Crippen LogP) is 2.58. The van der Waals surface area contributed by atoms with E-state index in [2.05, 4.69) is 15.6 Å². The third-order valence-corrected chi connectivity index (χ3v) is 4.53. The van der Waals surface area contributed by atoms with Crippen LogP contribution < -0.4 is 24.8 Å². The molecule has 0 aliphatic carbocycles. The quantitative estimate of drug-likeness (QED) is 0.783. The van der Waals surface area contributed by atoms with Crippen LogP contribution in [0.15, 0.2) is 30.5 Å². The molecule has 2 aliphatic rings. The lowest BCUT2D eigenvalue weighted by atomic mass is 10.2. The molecule has 3 amide bonds. The number of nitrogens with zero attached hydrogens (tertiary/aromatic N) is 2. The minimum atomic E-state index is -4.51. The Labute approximate surface area is 167 Å². The Balaban J connectivity index is 1.56. The lowest BCUT2D eigenvalue weighted by Crippen LogP contribution is -2.40.